The third-order valence-electron chi connectivity index (χ3n) is 2.66. The second-order valence-electron chi connectivity index (χ2n) is 4.03. The Kier molecular flexibility index (Phi) is 6.83. The van der Waals surface area contributed by atoms with Crippen LogP contribution in [0.1, 0.15) is 31.4 Å². The van der Waals surface area contributed by atoms with Gasteiger partial charge in [-0.3, -0.25) is 4.79 Å². The van der Waals surface area contributed by atoms with E-state index in [4.69, 9.17) is 4.74 Å². The van der Waals surface area contributed by atoms with E-state index in [1.54, 1.807) is 6.26 Å². The maximum Gasteiger partial charge on any atom is 0.322 e. The van der Waals surface area contributed by atoms with Crippen LogP contribution < -0.4 is 0 Å². The molecule has 100 valence electrons. The largest absolute Gasteiger partial charge is 0.465 e. The highest BCUT2D eigenvalue weighted by Gasteiger charge is 2.28. The Balaban J connectivity index is 2.62. The number of aliphatic hydroxyl groups is 1. The predicted octanol–water partition coefficient (Wildman–Crippen LogP) is 2.79. The second-order valence-corrected chi connectivity index (χ2v) is 5.01. The molecule has 1 aromatic carbocycles. The van der Waals surface area contributed by atoms with Crippen molar-refractivity contribution in [3.8, 4) is 0 Å². The number of aliphatic hydroxyl groups excluding tert-OH is 1. The number of rotatable bonds is 7. The molecule has 0 saturated heterocycles. The first-order chi connectivity index (χ1) is 8.70. The summed E-state index contributed by atoms with van der Waals surface area (Å²) in [5, 5.41) is 9.62. The van der Waals surface area contributed by atoms with Gasteiger partial charge < -0.3 is 9.84 Å². The minimum atomic E-state index is -0.824. The highest BCUT2D eigenvalue weighted by Crippen LogP contribution is 2.26. The Morgan fingerprint density at radius 2 is 2.06 bits per heavy atom. The van der Waals surface area contributed by atoms with Crippen molar-refractivity contribution in [2.45, 2.75) is 31.1 Å². The molecule has 2 atom stereocenters. The minimum Gasteiger partial charge on any atom is -0.465 e. The van der Waals surface area contributed by atoms with Crippen LogP contribution >= 0.6 is 11.8 Å². The molecule has 0 heterocycles. The van der Waals surface area contributed by atoms with E-state index in [2.05, 4.69) is 0 Å². The maximum atomic E-state index is 11.9. The van der Waals surface area contributed by atoms with E-state index in [1.165, 1.54) is 11.8 Å². The van der Waals surface area contributed by atoms with Crippen LogP contribution in [0.5, 0.6) is 0 Å². The van der Waals surface area contributed by atoms with E-state index in [-0.39, 0.29) is 5.97 Å². The zero-order valence-electron chi connectivity index (χ0n) is 10.8. The molecule has 0 unspecified atom stereocenters. The van der Waals surface area contributed by atoms with Crippen LogP contribution in [-0.4, -0.2) is 29.2 Å². The number of thioether (sulfide) groups is 1. The van der Waals surface area contributed by atoms with Gasteiger partial charge in [-0.2, -0.15) is 0 Å². The van der Waals surface area contributed by atoms with Crippen molar-refractivity contribution in [2.75, 3.05) is 12.9 Å². The molecule has 0 spiro atoms. The zero-order valence-corrected chi connectivity index (χ0v) is 11.7. The average Bonchev–Trinajstić information content (AvgIpc) is 2.41. The van der Waals surface area contributed by atoms with E-state index < -0.39 is 11.4 Å². The zero-order chi connectivity index (χ0) is 13.4. The van der Waals surface area contributed by atoms with Gasteiger partial charge >= 0.3 is 5.97 Å². The average molecular weight is 268 g/mol. The molecule has 3 nitrogen and oxygen atoms in total. The van der Waals surface area contributed by atoms with E-state index in [1.807, 2.05) is 37.3 Å². The number of unbranched alkanes of at least 4 members (excludes halogenated alkanes) is 1. The molecule has 0 amide bonds. The first-order valence-electron chi connectivity index (χ1n) is 6.13. The number of carbonyl (C=O) groups is 1. The first kappa shape index (κ1) is 15.1. The van der Waals surface area contributed by atoms with Crippen molar-refractivity contribution in [1.82, 2.24) is 0 Å². The normalized spacial score (nSPS) is 13.9. The van der Waals surface area contributed by atoms with Crippen molar-refractivity contribution in [3.05, 3.63) is 35.9 Å². The molecule has 1 aromatic rings. The molecule has 0 saturated carbocycles. The molecule has 0 fully saturated rings. The Labute approximate surface area is 113 Å². The molecule has 4 heteroatoms. The Hall–Kier alpha value is -1.00. The van der Waals surface area contributed by atoms with Crippen molar-refractivity contribution >= 4 is 17.7 Å². The van der Waals surface area contributed by atoms with Crippen molar-refractivity contribution < 1.29 is 14.6 Å². The summed E-state index contributed by atoms with van der Waals surface area (Å²) in [4.78, 5) is 11.9. The number of ether oxygens (including phenoxy) is 1. The predicted molar refractivity (Wildman–Crippen MR) is 74.6 cm³/mol. The number of carbonyl (C=O) groups excluding carboxylic acids is 1. The summed E-state index contributed by atoms with van der Waals surface area (Å²) in [6.07, 6.45) is 2.82. The third-order valence-corrected chi connectivity index (χ3v) is 3.61. The van der Waals surface area contributed by atoms with Crippen LogP contribution in [0.25, 0.3) is 0 Å². The fraction of sp³-hybridized carbons (Fsp3) is 0.500. The molecule has 0 bridgehead atoms. The van der Waals surface area contributed by atoms with Gasteiger partial charge in [0.05, 0.1) is 6.61 Å². The number of hydrogen-bond acceptors (Lipinski definition) is 4. The monoisotopic (exact) mass is 268 g/mol. The summed E-state index contributed by atoms with van der Waals surface area (Å²) in [6, 6.07) is 9.20. The topological polar surface area (TPSA) is 46.5 Å². The van der Waals surface area contributed by atoms with Crippen LogP contribution in [0.15, 0.2) is 30.3 Å². The van der Waals surface area contributed by atoms with Gasteiger partial charge in [-0.05, 0) is 18.2 Å². The van der Waals surface area contributed by atoms with Gasteiger partial charge in [0.25, 0.3) is 0 Å². The molecular formula is C14H20O3S. The smallest absolute Gasteiger partial charge is 0.322 e. The Bertz CT molecular complexity index is 353. The molecule has 0 aliphatic heterocycles. The number of benzene rings is 1. The second kappa shape index (κ2) is 8.16. The molecule has 0 aromatic heterocycles. The first-order valence-corrected chi connectivity index (χ1v) is 7.42. The molecule has 0 aliphatic rings. The summed E-state index contributed by atoms with van der Waals surface area (Å²) >= 11 is 1.31. The summed E-state index contributed by atoms with van der Waals surface area (Å²) in [5.41, 5.74) is 0.740. The van der Waals surface area contributed by atoms with Crippen molar-refractivity contribution in [2.24, 2.45) is 0 Å². The molecule has 0 radical (unpaired) electrons. The van der Waals surface area contributed by atoms with E-state index in [0.717, 1.165) is 18.4 Å². The molecule has 18 heavy (non-hydrogen) atoms. The minimum absolute atomic E-state index is 0.340. The van der Waals surface area contributed by atoms with E-state index in [0.29, 0.717) is 6.61 Å². The SMILES string of the molecule is CCCCOC(=O)[C@@H](SC)[C@H](O)c1ccccc1. The van der Waals surface area contributed by atoms with Crippen LogP contribution in [-0.2, 0) is 9.53 Å². The third kappa shape index (κ3) is 4.35. The lowest BCUT2D eigenvalue weighted by Gasteiger charge is -2.20. The van der Waals surface area contributed by atoms with Gasteiger partial charge in [-0.25, -0.2) is 0 Å². The van der Waals surface area contributed by atoms with E-state index >= 15 is 0 Å². The molecular weight excluding hydrogens is 248 g/mol. The molecule has 0 aliphatic carbocycles. The summed E-state index contributed by atoms with van der Waals surface area (Å²) in [6.45, 7) is 2.46. The summed E-state index contributed by atoms with van der Waals surface area (Å²) in [7, 11) is 0. The van der Waals surface area contributed by atoms with Gasteiger partial charge in [-0.15, -0.1) is 11.8 Å². The highest BCUT2D eigenvalue weighted by molar-refractivity contribution is 7.99. The fourth-order valence-corrected chi connectivity index (χ4v) is 2.25. The molecule has 1 rings (SSSR count). The lowest BCUT2D eigenvalue weighted by atomic mass is 10.1. The highest BCUT2D eigenvalue weighted by atomic mass is 32.2. The van der Waals surface area contributed by atoms with Crippen LogP contribution in [0.2, 0.25) is 0 Å². The van der Waals surface area contributed by atoms with Gasteiger partial charge in [-0.1, -0.05) is 43.7 Å². The van der Waals surface area contributed by atoms with Gasteiger partial charge in [0.2, 0.25) is 0 Å². The van der Waals surface area contributed by atoms with E-state index in [9.17, 15) is 9.90 Å². The Morgan fingerprint density at radius 1 is 1.39 bits per heavy atom. The van der Waals surface area contributed by atoms with Crippen LogP contribution in [0.3, 0.4) is 0 Å². The number of hydrogen-bond donors (Lipinski definition) is 1. The lowest BCUT2D eigenvalue weighted by Crippen LogP contribution is -2.27. The summed E-state index contributed by atoms with van der Waals surface area (Å²) in [5.74, 6) is -0.340. The Morgan fingerprint density at radius 3 is 2.61 bits per heavy atom. The number of esters is 1. The van der Waals surface area contributed by atoms with Crippen molar-refractivity contribution in [1.29, 1.82) is 0 Å². The fourth-order valence-electron chi connectivity index (χ4n) is 1.58. The molecule has 1 N–H and O–H groups in total. The van der Waals surface area contributed by atoms with Crippen molar-refractivity contribution in [3.63, 3.8) is 0 Å². The maximum absolute atomic E-state index is 11.9. The van der Waals surface area contributed by atoms with Gasteiger partial charge in [0.15, 0.2) is 0 Å². The lowest BCUT2D eigenvalue weighted by molar-refractivity contribution is -0.145. The standard InChI is InChI=1S/C14H20O3S/c1-3-4-10-17-14(16)13(18-2)12(15)11-8-6-5-7-9-11/h5-9,12-13,15H,3-4,10H2,1-2H3/t12-,13+/m1/s1. The van der Waals surface area contributed by atoms with Gasteiger partial charge in [0.1, 0.15) is 11.4 Å². The quantitative estimate of drug-likeness (QED) is 0.610. The summed E-state index contributed by atoms with van der Waals surface area (Å²) < 4.78 is 5.16. The van der Waals surface area contributed by atoms with Crippen LogP contribution in [0.4, 0.5) is 0 Å². The van der Waals surface area contributed by atoms with Crippen LogP contribution in [0, 0.1) is 0 Å². The van der Waals surface area contributed by atoms with Gasteiger partial charge in [0, 0.05) is 0 Å².